The maximum Gasteiger partial charge on any atom is 0.227 e. The average Bonchev–Trinajstić information content (AvgIpc) is 2.70. The van der Waals surface area contributed by atoms with Crippen LogP contribution in [0, 0.1) is 12.8 Å². The molecular weight excluding hydrogens is 360 g/mol. The number of hydrogen-bond donors (Lipinski definition) is 1. The summed E-state index contributed by atoms with van der Waals surface area (Å²) in [7, 11) is 0. The Labute approximate surface area is 163 Å². The van der Waals surface area contributed by atoms with E-state index in [1.54, 1.807) is 6.07 Å². The summed E-state index contributed by atoms with van der Waals surface area (Å²) in [5, 5.41) is 3.65. The summed E-state index contributed by atoms with van der Waals surface area (Å²) >= 11 is 6.14. The lowest BCUT2D eigenvalue weighted by atomic mass is 9.96. The van der Waals surface area contributed by atoms with Crippen molar-refractivity contribution >= 4 is 40.0 Å². The maximum atomic E-state index is 12.6. The van der Waals surface area contributed by atoms with Crippen LogP contribution < -0.4 is 10.2 Å². The van der Waals surface area contributed by atoms with Crippen LogP contribution in [0.25, 0.3) is 11.0 Å². The predicted octanol–water partition coefficient (Wildman–Crippen LogP) is 4.45. The van der Waals surface area contributed by atoms with Gasteiger partial charge in [-0.3, -0.25) is 9.78 Å². The fraction of sp³-hybridized carbons (Fsp3) is 0.286. The van der Waals surface area contributed by atoms with Crippen LogP contribution in [-0.2, 0) is 4.79 Å². The molecule has 0 aliphatic carbocycles. The molecule has 0 saturated carbocycles. The van der Waals surface area contributed by atoms with Gasteiger partial charge < -0.3 is 10.2 Å². The first-order chi connectivity index (χ1) is 13.1. The van der Waals surface area contributed by atoms with Crippen molar-refractivity contribution in [3.63, 3.8) is 0 Å². The van der Waals surface area contributed by atoms with Gasteiger partial charge in [0.05, 0.1) is 17.2 Å². The number of nitrogens with zero attached hydrogens (tertiary/aromatic N) is 3. The molecule has 1 saturated heterocycles. The Morgan fingerprint density at radius 1 is 1.15 bits per heavy atom. The molecule has 3 aromatic rings. The fourth-order valence-corrected chi connectivity index (χ4v) is 3.57. The molecule has 0 atom stereocenters. The van der Waals surface area contributed by atoms with E-state index in [9.17, 15) is 4.79 Å². The number of benzene rings is 2. The van der Waals surface area contributed by atoms with Gasteiger partial charge in [-0.15, -0.1) is 0 Å². The molecule has 1 aliphatic heterocycles. The minimum atomic E-state index is -0.00487. The number of rotatable bonds is 3. The van der Waals surface area contributed by atoms with Gasteiger partial charge in [0.2, 0.25) is 5.91 Å². The summed E-state index contributed by atoms with van der Waals surface area (Å²) in [5.41, 5.74) is 3.54. The third-order valence-electron chi connectivity index (χ3n) is 5.06. The second-order valence-corrected chi connectivity index (χ2v) is 7.34. The van der Waals surface area contributed by atoms with Crippen LogP contribution in [0.1, 0.15) is 18.4 Å². The number of aryl methyl sites for hydroxylation is 1. The molecule has 1 amide bonds. The topological polar surface area (TPSA) is 58.1 Å². The summed E-state index contributed by atoms with van der Waals surface area (Å²) in [4.78, 5) is 24.0. The van der Waals surface area contributed by atoms with Crippen molar-refractivity contribution in [2.45, 2.75) is 19.8 Å². The van der Waals surface area contributed by atoms with Crippen molar-refractivity contribution in [1.29, 1.82) is 0 Å². The SMILES string of the molecule is Cc1ccc(NC(=O)C2CCN(c3cnc4ccccc4n3)CC2)cc1Cl. The van der Waals surface area contributed by atoms with Gasteiger partial charge in [-0.25, -0.2) is 4.98 Å². The molecule has 0 unspecified atom stereocenters. The summed E-state index contributed by atoms with van der Waals surface area (Å²) in [5.74, 6) is 0.923. The third kappa shape index (κ3) is 3.88. The lowest BCUT2D eigenvalue weighted by molar-refractivity contribution is -0.120. The molecule has 4 rings (SSSR count). The molecule has 6 heteroatoms. The van der Waals surface area contributed by atoms with Gasteiger partial charge >= 0.3 is 0 Å². The van der Waals surface area contributed by atoms with E-state index in [2.05, 4.69) is 15.2 Å². The predicted molar refractivity (Wildman–Crippen MR) is 109 cm³/mol. The van der Waals surface area contributed by atoms with Gasteiger partial charge in [-0.05, 0) is 49.6 Å². The first-order valence-corrected chi connectivity index (χ1v) is 9.52. The number of aromatic nitrogens is 2. The summed E-state index contributed by atoms with van der Waals surface area (Å²) in [6, 6.07) is 13.5. The first kappa shape index (κ1) is 17.7. The lowest BCUT2D eigenvalue weighted by Gasteiger charge is -2.32. The highest BCUT2D eigenvalue weighted by Gasteiger charge is 2.26. The molecule has 138 valence electrons. The molecule has 0 spiro atoms. The minimum absolute atomic E-state index is 0.00487. The van der Waals surface area contributed by atoms with Crippen molar-refractivity contribution in [1.82, 2.24) is 9.97 Å². The minimum Gasteiger partial charge on any atom is -0.355 e. The van der Waals surface area contributed by atoms with Crippen LogP contribution in [0.5, 0.6) is 0 Å². The van der Waals surface area contributed by atoms with Gasteiger partial charge in [0.25, 0.3) is 0 Å². The number of carbonyl (C=O) groups excluding carboxylic acids is 1. The Bertz CT molecular complexity index is 983. The van der Waals surface area contributed by atoms with E-state index in [0.717, 1.165) is 54.0 Å². The zero-order valence-electron chi connectivity index (χ0n) is 15.2. The third-order valence-corrected chi connectivity index (χ3v) is 5.47. The van der Waals surface area contributed by atoms with Crippen LogP contribution in [0.3, 0.4) is 0 Å². The Morgan fingerprint density at radius 2 is 1.89 bits per heavy atom. The highest BCUT2D eigenvalue weighted by Crippen LogP contribution is 2.25. The van der Waals surface area contributed by atoms with E-state index >= 15 is 0 Å². The zero-order valence-corrected chi connectivity index (χ0v) is 15.9. The molecule has 27 heavy (non-hydrogen) atoms. The van der Waals surface area contributed by atoms with Crippen molar-refractivity contribution in [3.8, 4) is 0 Å². The van der Waals surface area contributed by atoms with Crippen LogP contribution in [0.2, 0.25) is 5.02 Å². The van der Waals surface area contributed by atoms with Crippen LogP contribution in [0.15, 0.2) is 48.7 Å². The molecule has 5 nitrogen and oxygen atoms in total. The molecule has 1 fully saturated rings. The highest BCUT2D eigenvalue weighted by atomic mass is 35.5. The second-order valence-electron chi connectivity index (χ2n) is 6.93. The largest absolute Gasteiger partial charge is 0.355 e. The Balaban J connectivity index is 1.38. The van der Waals surface area contributed by atoms with Crippen LogP contribution in [0.4, 0.5) is 11.5 Å². The van der Waals surface area contributed by atoms with E-state index in [0.29, 0.717) is 5.02 Å². The van der Waals surface area contributed by atoms with E-state index < -0.39 is 0 Å². The number of nitrogens with one attached hydrogen (secondary N) is 1. The molecule has 1 aromatic heterocycles. The van der Waals surface area contributed by atoms with Crippen molar-refractivity contribution in [2.75, 3.05) is 23.3 Å². The number of para-hydroxylation sites is 2. The summed E-state index contributed by atoms with van der Waals surface area (Å²) < 4.78 is 0. The Hall–Kier alpha value is -2.66. The first-order valence-electron chi connectivity index (χ1n) is 9.14. The van der Waals surface area contributed by atoms with Crippen molar-refractivity contribution < 1.29 is 4.79 Å². The smallest absolute Gasteiger partial charge is 0.227 e. The normalized spacial score (nSPS) is 15.1. The summed E-state index contributed by atoms with van der Waals surface area (Å²) in [6.07, 6.45) is 3.40. The number of halogens is 1. The number of hydrogen-bond acceptors (Lipinski definition) is 4. The molecule has 2 aromatic carbocycles. The number of fused-ring (bicyclic) bond motifs is 1. The van der Waals surface area contributed by atoms with Crippen molar-refractivity contribution in [2.24, 2.45) is 5.92 Å². The average molecular weight is 381 g/mol. The van der Waals surface area contributed by atoms with Crippen LogP contribution >= 0.6 is 11.6 Å². The second kappa shape index (κ2) is 7.53. The Morgan fingerprint density at radius 3 is 2.63 bits per heavy atom. The number of piperidine rings is 1. The van der Waals surface area contributed by atoms with E-state index in [1.165, 1.54) is 0 Å². The van der Waals surface area contributed by atoms with Gasteiger partial charge in [-0.2, -0.15) is 0 Å². The quantitative estimate of drug-likeness (QED) is 0.729. The highest BCUT2D eigenvalue weighted by molar-refractivity contribution is 6.31. The zero-order chi connectivity index (χ0) is 18.8. The van der Waals surface area contributed by atoms with Crippen LogP contribution in [-0.4, -0.2) is 29.0 Å². The molecular formula is C21H21ClN4O. The maximum absolute atomic E-state index is 12.6. The number of carbonyl (C=O) groups is 1. The van der Waals surface area contributed by atoms with E-state index in [1.807, 2.05) is 49.5 Å². The van der Waals surface area contributed by atoms with E-state index in [-0.39, 0.29) is 11.8 Å². The molecule has 2 heterocycles. The van der Waals surface area contributed by atoms with Gasteiger partial charge in [0, 0.05) is 29.7 Å². The molecule has 1 N–H and O–H groups in total. The number of anilines is 2. The van der Waals surface area contributed by atoms with Gasteiger partial charge in [0.15, 0.2) is 0 Å². The molecule has 0 bridgehead atoms. The standard InChI is InChI=1S/C21H21ClN4O/c1-14-6-7-16(12-17(14)22)24-21(27)15-8-10-26(11-9-15)20-13-23-18-4-2-3-5-19(18)25-20/h2-7,12-13,15H,8-11H2,1H3,(H,24,27). The molecule has 0 radical (unpaired) electrons. The lowest BCUT2D eigenvalue weighted by Crippen LogP contribution is -2.38. The summed E-state index contributed by atoms with van der Waals surface area (Å²) in [6.45, 7) is 3.53. The molecule has 1 aliphatic rings. The fourth-order valence-electron chi connectivity index (χ4n) is 3.39. The Kier molecular flexibility index (Phi) is 4.94. The van der Waals surface area contributed by atoms with Crippen molar-refractivity contribution in [3.05, 3.63) is 59.2 Å². The van der Waals surface area contributed by atoms with Gasteiger partial charge in [-0.1, -0.05) is 29.8 Å². The number of amides is 1. The van der Waals surface area contributed by atoms with Gasteiger partial charge in [0.1, 0.15) is 5.82 Å². The van der Waals surface area contributed by atoms with E-state index in [4.69, 9.17) is 16.6 Å². The monoisotopic (exact) mass is 380 g/mol.